The summed E-state index contributed by atoms with van der Waals surface area (Å²) in [5.74, 6) is -0.155. The average Bonchev–Trinajstić information content (AvgIpc) is 2.73. The predicted molar refractivity (Wildman–Crippen MR) is 52.6 cm³/mol. The van der Waals surface area contributed by atoms with E-state index in [-0.39, 0.29) is 5.91 Å². The van der Waals surface area contributed by atoms with Crippen LogP contribution in [-0.4, -0.2) is 43.3 Å². The van der Waals surface area contributed by atoms with Gasteiger partial charge in [0.05, 0.1) is 0 Å². The lowest BCUT2D eigenvalue weighted by Gasteiger charge is -2.21. The van der Waals surface area contributed by atoms with Gasteiger partial charge in [0.15, 0.2) is 14.6 Å². The molecule has 0 radical (unpaired) electrons. The number of carbonyl (C=O) groups is 1. The quantitative estimate of drug-likeness (QED) is 0.663. The van der Waals surface area contributed by atoms with Crippen molar-refractivity contribution < 1.29 is 13.2 Å². The first-order chi connectivity index (χ1) is 6.47. The van der Waals surface area contributed by atoms with Crippen molar-refractivity contribution in [3.63, 3.8) is 0 Å². The molecule has 5 heteroatoms. The topological polar surface area (TPSA) is 54.5 Å². The van der Waals surface area contributed by atoms with Crippen molar-refractivity contribution in [1.29, 1.82) is 0 Å². The molecule has 1 saturated carbocycles. The van der Waals surface area contributed by atoms with Crippen LogP contribution in [0.1, 0.15) is 25.7 Å². The van der Waals surface area contributed by atoms with Gasteiger partial charge in [-0.25, -0.2) is 8.42 Å². The van der Waals surface area contributed by atoms with Gasteiger partial charge in [-0.2, -0.15) is 0 Å². The number of rotatable bonds is 2. The van der Waals surface area contributed by atoms with E-state index in [0.717, 1.165) is 25.9 Å². The third-order valence-electron chi connectivity index (χ3n) is 3.20. The number of sulfone groups is 1. The first-order valence-corrected chi connectivity index (χ1v) is 6.85. The molecule has 2 aliphatic rings. The zero-order chi connectivity index (χ0) is 10.4. The van der Waals surface area contributed by atoms with Gasteiger partial charge in [0.1, 0.15) is 0 Å². The Morgan fingerprint density at radius 3 is 2.07 bits per heavy atom. The molecule has 1 aliphatic heterocycles. The monoisotopic (exact) mass is 217 g/mol. The fourth-order valence-corrected chi connectivity index (χ4v) is 3.36. The van der Waals surface area contributed by atoms with E-state index in [9.17, 15) is 13.2 Å². The molecular weight excluding hydrogens is 202 g/mol. The molecule has 14 heavy (non-hydrogen) atoms. The second kappa shape index (κ2) is 2.95. The summed E-state index contributed by atoms with van der Waals surface area (Å²) in [6.45, 7) is 1.46. The summed E-state index contributed by atoms with van der Waals surface area (Å²) in [6, 6.07) is 0. The highest BCUT2D eigenvalue weighted by molar-refractivity contribution is 7.93. The lowest BCUT2D eigenvalue weighted by molar-refractivity contribution is -0.130. The number of hydrogen-bond acceptors (Lipinski definition) is 3. The van der Waals surface area contributed by atoms with Crippen LogP contribution in [0.25, 0.3) is 0 Å². The highest BCUT2D eigenvalue weighted by Gasteiger charge is 2.60. The molecule has 2 rings (SSSR count). The van der Waals surface area contributed by atoms with Gasteiger partial charge in [0.2, 0.25) is 5.91 Å². The molecule has 0 bridgehead atoms. The molecule has 1 aliphatic carbocycles. The molecule has 4 nitrogen and oxygen atoms in total. The average molecular weight is 217 g/mol. The fourth-order valence-electron chi connectivity index (χ4n) is 2.07. The smallest absolute Gasteiger partial charge is 0.244 e. The number of likely N-dealkylation sites (tertiary alicyclic amines) is 1. The molecule has 1 heterocycles. The molecule has 1 saturated heterocycles. The van der Waals surface area contributed by atoms with Crippen molar-refractivity contribution in [1.82, 2.24) is 4.90 Å². The molecule has 0 atom stereocenters. The van der Waals surface area contributed by atoms with Crippen LogP contribution in [0, 0.1) is 0 Å². The summed E-state index contributed by atoms with van der Waals surface area (Å²) in [6.07, 6.45) is 4.22. The Labute approximate surface area is 84.2 Å². The first-order valence-electron chi connectivity index (χ1n) is 4.96. The molecule has 80 valence electrons. The van der Waals surface area contributed by atoms with Crippen molar-refractivity contribution in [2.24, 2.45) is 0 Å². The number of hydrogen-bond donors (Lipinski definition) is 0. The molecule has 0 aromatic rings. The van der Waals surface area contributed by atoms with Crippen LogP contribution in [-0.2, 0) is 14.6 Å². The van der Waals surface area contributed by atoms with Gasteiger partial charge in [-0.05, 0) is 25.7 Å². The summed E-state index contributed by atoms with van der Waals surface area (Å²) in [7, 11) is -3.22. The normalized spacial score (nSPS) is 25.1. The minimum atomic E-state index is -3.22. The van der Waals surface area contributed by atoms with Gasteiger partial charge in [-0.15, -0.1) is 0 Å². The van der Waals surface area contributed by atoms with Gasteiger partial charge in [0, 0.05) is 19.3 Å². The van der Waals surface area contributed by atoms with Crippen LogP contribution in [0.5, 0.6) is 0 Å². The number of amides is 1. The maximum absolute atomic E-state index is 11.9. The third kappa shape index (κ3) is 1.34. The Balaban J connectivity index is 2.19. The van der Waals surface area contributed by atoms with Crippen LogP contribution < -0.4 is 0 Å². The van der Waals surface area contributed by atoms with Gasteiger partial charge in [-0.1, -0.05) is 0 Å². The highest BCUT2D eigenvalue weighted by Crippen LogP contribution is 2.45. The minimum Gasteiger partial charge on any atom is -0.341 e. The van der Waals surface area contributed by atoms with E-state index in [1.807, 2.05) is 0 Å². The molecule has 0 spiro atoms. The van der Waals surface area contributed by atoms with E-state index in [4.69, 9.17) is 0 Å². The second-order valence-corrected chi connectivity index (χ2v) is 6.59. The Morgan fingerprint density at radius 2 is 1.71 bits per heavy atom. The Bertz CT molecular complexity index is 350. The zero-order valence-corrected chi connectivity index (χ0v) is 9.14. The van der Waals surface area contributed by atoms with Crippen molar-refractivity contribution in [2.45, 2.75) is 30.4 Å². The van der Waals surface area contributed by atoms with Crippen molar-refractivity contribution in [3.05, 3.63) is 0 Å². The zero-order valence-electron chi connectivity index (χ0n) is 8.32. The molecule has 2 fully saturated rings. The summed E-state index contributed by atoms with van der Waals surface area (Å²) in [5, 5.41) is 0. The Hall–Kier alpha value is -0.580. The lowest BCUT2D eigenvalue weighted by Crippen LogP contribution is -2.43. The van der Waals surface area contributed by atoms with E-state index < -0.39 is 14.6 Å². The van der Waals surface area contributed by atoms with Gasteiger partial charge < -0.3 is 4.90 Å². The third-order valence-corrected chi connectivity index (χ3v) is 5.20. The fraction of sp³-hybridized carbons (Fsp3) is 0.889. The standard InChI is InChI=1S/C9H15NO3S/c1-14(12,13)9(4-5-9)8(11)10-6-2-3-7-10/h2-7H2,1H3. The molecule has 0 N–H and O–H groups in total. The van der Waals surface area contributed by atoms with Crippen LogP contribution in [0.2, 0.25) is 0 Å². The highest BCUT2D eigenvalue weighted by atomic mass is 32.2. The van der Waals surface area contributed by atoms with E-state index in [2.05, 4.69) is 0 Å². The molecule has 0 unspecified atom stereocenters. The van der Waals surface area contributed by atoms with Crippen molar-refractivity contribution in [2.75, 3.05) is 19.3 Å². The maximum Gasteiger partial charge on any atom is 0.244 e. The summed E-state index contributed by atoms with van der Waals surface area (Å²) in [5.41, 5.74) is 0. The van der Waals surface area contributed by atoms with Crippen LogP contribution >= 0.6 is 0 Å². The van der Waals surface area contributed by atoms with E-state index in [1.54, 1.807) is 4.90 Å². The van der Waals surface area contributed by atoms with Gasteiger partial charge >= 0.3 is 0 Å². The first kappa shape index (κ1) is 9.96. The molecule has 0 aromatic heterocycles. The Morgan fingerprint density at radius 1 is 1.21 bits per heavy atom. The van der Waals surface area contributed by atoms with Crippen molar-refractivity contribution >= 4 is 15.7 Å². The maximum atomic E-state index is 11.9. The summed E-state index contributed by atoms with van der Waals surface area (Å²) in [4.78, 5) is 13.6. The molecule has 1 amide bonds. The SMILES string of the molecule is CS(=O)(=O)C1(C(=O)N2CCCC2)CC1. The minimum absolute atomic E-state index is 0.155. The molecular formula is C9H15NO3S. The van der Waals surface area contributed by atoms with Crippen molar-refractivity contribution in [3.8, 4) is 0 Å². The summed E-state index contributed by atoms with van der Waals surface area (Å²) < 4.78 is 21.9. The molecule has 0 aromatic carbocycles. The van der Waals surface area contributed by atoms with Gasteiger partial charge in [0.25, 0.3) is 0 Å². The van der Waals surface area contributed by atoms with Crippen LogP contribution in [0.4, 0.5) is 0 Å². The van der Waals surface area contributed by atoms with E-state index in [1.165, 1.54) is 6.26 Å². The summed E-state index contributed by atoms with van der Waals surface area (Å²) >= 11 is 0. The predicted octanol–water partition coefficient (Wildman–Crippen LogP) is 0.186. The van der Waals surface area contributed by atoms with Gasteiger partial charge in [-0.3, -0.25) is 4.79 Å². The number of carbonyl (C=O) groups excluding carboxylic acids is 1. The van der Waals surface area contributed by atoms with Crippen LogP contribution in [0.3, 0.4) is 0 Å². The second-order valence-electron chi connectivity index (χ2n) is 4.27. The van der Waals surface area contributed by atoms with E-state index in [0.29, 0.717) is 12.8 Å². The lowest BCUT2D eigenvalue weighted by atomic mass is 10.3. The largest absolute Gasteiger partial charge is 0.341 e. The van der Waals surface area contributed by atoms with E-state index >= 15 is 0 Å². The number of nitrogens with zero attached hydrogens (tertiary/aromatic N) is 1. The Kier molecular flexibility index (Phi) is 2.10. The van der Waals surface area contributed by atoms with Crippen LogP contribution in [0.15, 0.2) is 0 Å².